The zero-order valence-corrected chi connectivity index (χ0v) is 14.8. The molecular weight excluding hydrogens is 268 g/mol. The van der Waals surface area contributed by atoms with E-state index in [-0.39, 0.29) is 6.10 Å². The second kappa shape index (κ2) is 5.10. The van der Waals surface area contributed by atoms with Crippen LogP contribution in [0.2, 0.25) is 0 Å². The van der Waals surface area contributed by atoms with E-state index in [0.29, 0.717) is 16.7 Å². The summed E-state index contributed by atoms with van der Waals surface area (Å²) in [5.41, 5.74) is 2.42. The Morgan fingerprint density at radius 1 is 1.23 bits per heavy atom. The van der Waals surface area contributed by atoms with Crippen molar-refractivity contribution in [2.24, 2.45) is 34.5 Å². The summed E-state index contributed by atoms with van der Waals surface area (Å²) in [5.74, 6) is 3.00. The van der Waals surface area contributed by atoms with Crippen molar-refractivity contribution in [2.45, 2.75) is 84.7 Å². The van der Waals surface area contributed by atoms with Crippen LogP contribution in [0.4, 0.5) is 0 Å². The molecule has 0 radical (unpaired) electrons. The number of hydrogen-bond acceptors (Lipinski definition) is 1. The van der Waals surface area contributed by atoms with Gasteiger partial charge in [-0.05, 0) is 79.4 Å². The highest BCUT2D eigenvalue weighted by atomic mass is 16.3. The molecule has 0 aromatic heterocycles. The molecule has 4 aliphatic carbocycles. The summed E-state index contributed by atoms with van der Waals surface area (Å²) < 4.78 is 0. The summed E-state index contributed by atoms with van der Waals surface area (Å²) in [6.07, 6.45) is 14.3. The van der Waals surface area contributed by atoms with Crippen LogP contribution in [0, 0.1) is 34.5 Å². The summed E-state index contributed by atoms with van der Waals surface area (Å²) >= 11 is 0. The summed E-state index contributed by atoms with van der Waals surface area (Å²) in [5, 5.41) is 11.2. The molecule has 22 heavy (non-hydrogen) atoms. The number of allylic oxidation sites excluding steroid dienone is 2. The topological polar surface area (TPSA) is 20.2 Å². The van der Waals surface area contributed by atoms with Crippen molar-refractivity contribution in [1.29, 1.82) is 0 Å². The number of fused-ring (bicyclic) bond motifs is 5. The SMILES string of the molecule is CC[C@H]1CC[C@H]2[C@@H]3CC=C4CCCC[C@]4(C)[C@H]3[C@@H](O)C[C@]12C. The minimum Gasteiger partial charge on any atom is -0.393 e. The second-order valence-electron chi connectivity index (χ2n) is 9.35. The molecule has 0 aliphatic heterocycles. The molecule has 0 bridgehead atoms. The molecule has 3 fully saturated rings. The number of rotatable bonds is 1. The predicted molar refractivity (Wildman–Crippen MR) is 91.5 cm³/mol. The van der Waals surface area contributed by atoms with E-state index in [2.05, 4.69) is 26.8 Å². The van der Waals surface area contributed by atoms with Gasteiger partial charge in [0.2, 0.25) is 0 Å². The van der Waals surface area contributed by atoms with Crippen LogP contribution in [0.5, 0.6) is 0 Å². The first-order chi connectivity index (χ1) is 10.5. The standard InChI is InChI=1S/C21H34O/c1-4-14-9-11-17-16-10-8-15-7-5-6-12-20(15,2)19(16)18(22)13-21(14,17)3/h8,14,16-19,22H,4-7,9-13H2,1-3H3/t14-,16-,17-,18-,19+,20-,21+/m0/s1. The maximum absolute atomic E-state index is 11.2. The fourth-order valence-corrected chi connectivity index (χ4v) is 7.60. The van der Waals surface area contributed by atoms with E-state index in [1.807, 2.05) is 0 Å². The van der Waals surface area contributed by atoms with Gasteiger partial charge in [-0.2, -0.15) is 0 Å². The number of hydrogen-bond donors (Lipinski definition) is 1. The molecular formula is C21H34O. The average molecular weight is 303 g/mol. The average Bonchev–Trinajstić information content (AvgIpc) is 2.82. The molecule has 7 atom stereocenters. The van der Waals surface area contributed by atoms with Gasteiger partial charge in [0, 0.05) is 0 Å². The fraction of sp³-hybridized carbons (Fsp3) is 0.905. The van der Waals surface area contributed by atoms with Gasteiger partial charge in [0.15, 0.2) is 0 Å². The van der Waals surface area contributed by atoms with Gasteiger partial charge >= 0.3 is 0 Å². The van der Waals surface area contributed by atoms with E-state index >= 15 is 0 Å². The number of aliphatic hydroxyl groups excluding tert-OH is 1. The lowest BCUT2D eigenvalue weighted by Gasteiger charge is -2.59. The molecule has 0 amide bonds. The van der Waals surface area contributed by atoms with E-state index in [1.165, 1.54) is 51.4 Å². The minimum atomic E-state index is -0.0646. The first-order valence-electron chi connectivity index (χ1n) is 9.88. The molecule has 1 heteroatoms. The van der Waals surface area contributed by atoms with E-state index < -0.39 is 0 Å². The van der Waals surface area contributed by atoms with Crippen molar-refractivity contribution in [3.05, 3.63) is 11.6 Å². The van der Waals surface area contributed by atoms with Gasteiger partial charge in [-0.3, -0.25) is 0 Å². The third kappa shape index (κ3) is 1.87. The molecule has 124 valence electrons. The normalized spacial score (nSPS) is 54.2. The quantitative estimate of drug-likeness (QED) is 0.648. The summed E-state index contributed by atoms with van der Waals surface area (Å²) in [6.45, 7) is 7.37. The Hall–Kier alpha value is -0.300. The molecule has 0 aromatic carbocycles. The van der Waals surface area contributed by atoms with E-state index in [9.17, 15) is 5.11 Å². The Balaban J connectivity index is 1.72. The molecule has 0 aromatic rings. The maximum Gasteiger partial charge on any atom is 0.0585 e. The van der Waals surface area contributed by atoms with Crippen molar-refractivity contribution < 1.29 is 5.11 Å². The third-order valence-corrected chi connectivity index (χ3v) is 8.64. The molecule has 3 saturated carbocycles. The van der Waals surface area contributed by atoms with Gasteiger partial charge in [0.25, 0.3) is 0 Å². The van der Waals surface area contributed by atoms with Gasteiger partial charge in [0.05, 0.1) is 6.10 Å². The molecule has 1 N–H and O–H groups in total. The van der Waals surface area contributed by atoms with Crippen molar-refractivity contribution in [2.75, 3.05) is 0 Å². The third-order valence-electron chi connectivity index (χ3n) is 8.64. The molecule has 1 nitrogen and oxygen atoms in total. The lowest BCUT2D eigenvalue weighted by molar-refractivity contribution is -0.121. The van der Waals surface area contributed by atoms with Crippen molar-refractivity contribution in [3.63, 3.8) is 0 Å². The predicted octanol–water partition coefficient (Wildman–Crippen LogP) is 5.34. The van der Waals surface area contributed by atoms with Gasteiger partial charge in [-0.25, -0.2) is 0 Å². The highest BCUT2D eigenvalue weighted by molar-refractivity contribution is 5.25. The van der Waals surface area contributed by atoms with Gasteiger partial charge in [0.1, 0.15) is 0 Å². The molecule has 4 rings (SSSR count). The largest absolute Gasteiger partial charge is 0.393 e. The summed E-state index contributed by atoms with van der Waals surface area (Å²) in [7, 11) is 0. The van der Waals surface area contributed by atoms with Crippen molar-refractivity contribution >= 4 is 0 Å². The molecule has 0 unspecified atom stereocenters. The van der Waals surface area contributed by atoms with E-state index in [1.54, 1.807) is 5.57 Å². The molecule has 0 spiro atoms. The van der Waals surface area contributed by atoms with Crippen LogP contribution in [0.15, 0.2) is 11.6 Å². The van der Waals surface area contributed by atoms with E-state index in [4.69, 9.17) is 0 Å². The zero-order valence-electron chi connectivity index (χ0n) is 14.8. The van der Waals surface area contributed by atoms with Gasteiger partial charge < -0.3 is 5.11 Å². The van der Waals surface area contributed by atoms with Crippen molar-refractivity contribution in [1.82, 2.24) is 0 Å². The van der Waals surface area contributed by atoms with Gasteiger partial charge in [-0.15, -0.1) is 0 Å². The van der Waals surface area contributed by atoms with Crippen molar-refractivity contribution in [3.8, 4) is 0 Å². The number of aliphatic hydroxyl groups is 1. The van der Waals surface area contributed by atoms with Crippen LogP contribution in [0.1, 0.15) is 78.6 Å². The Morgan fingerprint density at radius 2 is 2.05 bits per heavy atom. The van der Waals surface area contributed by atoms with Crippen LogP contribution in [-0.2, 0) is 0 Å². The Labute approximate surface area is 136 Å². The van der Waals surface area contributed by atoms with Crippen LogP contribution in [0.3, 0.4) is 0 Å². The van der Waals surface area contributed by atoms with Gasteiger partial charge in [-0.1, -0.05) is 45.3 Å². The van der Waals surface area contributed by atoms with Crippen LogP contribution >= 0.6 is 0 Å². The fourth-order valence-electron chi connectivity index (χ4n) is 7.60. The first kappa shape index (κ1) is 15.2. The summed E-state index contributed by atoms with van der Waals surface area (Å²) in [6, 6.07) is 0. The van der Waals surface area contributed by atoms with Crippen LogP contribution < -0.4 is 0 Å². The molecule has 0 saturated heterocycles. The Morgan fingerprint density at radius 3 is 2.82 bits per heavy atom. The zero-order chi connectivity index (χ0) is 15.5. The Bertz CT molecular complexity index is 480. The lowest BCUT2D eigenvalue weighted by atomic mass is 9.46. The van der Waals surface area contributed by atoms with E-state index in [0.717, 1.165) is 24.2 Å². The smallest absolute Gasteiger partial charge is 0.0585 e. The van der Waals surface area contributed by atoms with Crippen LogP contribution in [-0.4, -0.2) is 11.2 Å². The summed E-state index contributed by atoms with van der Waals surface area (Å²) in [4.78, 5) is 0. The highest BCUT2D eigenvalue weighted by Gasteiger charge is 2.60. The Kier molecular flexibility index (Phi) is 3.53. The molecule has 4 aliphatic rings. The van der Waals surface area contributed by atoms with Crippen LogP contribution in [0.25, 0.3) is 0 Å². The minimum absolute atomic E-state index is 0.0646. The first-order valence-corrected chi connectivity index (χ1v) is 9.88. The second-order valence-corrected chi connectivity index (χ2v) is 9.35. The monoisotopic (exact) mass is 302 g/mol. The molecule has 0 heterocycles. The maximum atomic E-state index is 11.2. The lowest BCUT2D eigenvalue weighted by Crippen LogP contribution is -2.55. The highest BCUT2D eigenvalue weighted by Crippen LogP contribution is 2.66.